The average Bonchev–Trinajstić information content (AvgIpc) is 2.01. The van der Waals surface area contributed by atoms with Crippen LogP contribution in [0, 0.1) is 13.8 Å². The molecule has 0 saturated heterocycles. The molecule has 0 aliphatic rings. The standard InChI is InChI=1S/C11H13ClO/c1-7-4-8(2)6-10(5-7)11(13)9(3)12/h4-6,9H,1-3H3. The zero-order chi connectivity index (χ0) is 10.0. The third kappa shape index (κ3) is 2.56. The van der Waals surface area contributed by atoms with Gasteiger partial charge in [0.25, 0.3) is 0 Å². The Morgan fingerprint density at radius 1 is 1.23 bits per heavy atom. The molecule has 70 valence electrons. The Balaban J connectivity index is 3.08. The van der Waals surface area contributed by atoms with Crippen molar-refractivity contribution in [3.63, 3.8) is 0 Å². The number of halogens is 1. The van der Waals surface area contributed by atoms with E-state index in [1.807, 2.05) is 32.0 Å². The highest BCUT2D eigenvalue weighted by atomic mass is 35.5. The minimum atomic E-state index is -0.443. The first-order valence-electron chi connectivity index (χ1n) is 4.27. The van der Waals surface area contributed by atoms with E-state index in [0.717, 1.165) is 11.1 Å². The van der Waals surface area contributed by atoms with E-state index >= 15 is 0 Å². The number of hydrogen-bond acceptors (Lipinski definition) is 1. The van der Waals surface area contributed by atoms with Crippen molar-refractivity contribution in [2.24, 2.45) is 0 Å². The number of hydrogen-bond donors (Lipinski definition) is 0. The monoisotopic (exact) mass is 196 g/mol. The molecule has 1 aromatic rings. The fourth-order valence-electron chi connectivity index (χ4n) is 1.35. The normalized spacial score (nSPS) is 12.6. The molecule has 13 heavy (non-hydrogen) atoms. The molecule has 1 rings (SSSR count). The Morgan fingerprint density at radius 2 is 1.69 bits per heavy atom. The second-order valence-corrected chi connectivity index (χ2v) is 4.01. The predicted octanol–water partition coefficient (Wildman–Crippen LogP) is 3.11. The van der Waals surface area contributed by atoms with Crippen LogP contribution in [0.5, 0.6) is 0 Å². The number of alkyl halides is 1. The van der Waals surface area contributed by atoms with Crippen LogP contribution >= 0.6 is 11.6 Å². The summed E-state index contributed by atoms with van der Waals surface area (Å²) in [4.78, 5) is 11.5. The molecule has 0 aliphatic carbocycles. The SMILES string of the molecule is Cc1cc(C)cc(C(=O)C(C)Cl)c1. The van der Waals surface area contributed by atoms with Crippen LogP contribution in [0.15, 0.2) is 18.2 Å². The molecule has 1 unspecified atom stereocenters. The van der Waals surface area contributed by atoms with Gasteiger partial charge < -0.3 is 0 Å². The number of ketones is 1. The van der Waals surface area contributed by atoms with Crippen LogP contribution < -0.4 is 0 Å². The molecule has 1 atom stereocenters. The van der Waals surface area contributed by atoms with Gasteiger partial charge in [0.05, 0.1) is 5.38 Å². The van der Waals surface area contributed by atoms with Crippen LogP contribution in [0.2, 0.25) is 0 Å². The molecular weight excluding hydrogens is 184 g/mol. The van der Waals surface area contributed by atoms with E-state index in [4.69, 9.17) is 11.6 Å². The van der Waals surface area contributed by atoms with Crippen molar-refractivity contribution in [2.45, 2.75) is 26.1 Å². The highest BCUT2D eigenvalue weighted by molar-refractivity contribution is 6.33. The van der Waals surface area contributed by atoms with Crippen LogP contribution in [-0.2, 0) is 0 Å². The zero-order valence-electron chi connectivity index (χ0n) is 8.10. The second-order valence-electron chi connectivity index (χ2n) is 3.36. The van der Waals surface area contributed by atoms with Crippen molar-refractivity contribution < 1.29 is 4.79 Å². The van der Waals surface area contributed by atoms with Gasteiger partial charge in [-0.2, -0.15) is 0 Å². The van der Waals surface area contributed by atoms with Gasteiger partial charge in [0, 0.05) is 5.56 Å². The quantitative estimate of drug-likeness (QED) is 0.525. The topological polar surface area (TPSA) is 17.1 Å². The molecule has 0 fully saturated rings. The van der Waals surface area contributed by atoms with Crippen molar-refractivity contribution in [1.29, 1.82) is 0 Å². The highest BCUT2D eigenvalue weighted by Gasteiger charge is 2.12. The molecule has 2 heteroatoms. The fraction of sp³-hybridized carbons (Fsp3) is 0.364. The first-order valence-corrected chi connectivity index (χ1v) is 4.71. The summed E-state index contributed by atoms with van der Waals surface area (Å²) in [6.07, 6.45) is 0. The molecule has 0 heterocycles. The molecule has 1 aromatic carbocycles. The lowest BCUT2D eigenvalue weighted by Crippen LogP contribution is -2.10. The van der Waals surface area contributed by atoms with E-state index in [0.29, 0.717) is 5.56 Å². The molecule has 0 amide bonds. The predicted molar refractivity (Wildman–Crippen MR) is 55.6 cm³/mol. The van der Waals surface area contributed by atoms with E-state index in [9.17, 15) is 4.79 Å². The maximum atomic E-state index is 11.5. The molecule has 1 nitrogen and oxygen atoms in total. The van der Waals surface area contributed by atoms with E-state index in [1.54, 1.807) is 6.92 Å². The molecule has 0 aromatic heterocycles. The first-order chi connectivity index (χ1) is 6.00. The van der Waals surface area contributed by atoms with Crippen molar-refractivity contribution in [2.75, 3.05) is 0 Å². The molecule has 0 spiro atoms. The Hall–Kier alpha value is -0.820. The Bertz CT molecular complexity index is 309. The summed E-state index contributed by atoms with van der Waals surface area (Å²) in [5.41, 5.74) is 2.90. The lowest BCUT2D eigenvalue weighted by molar-refractivity contribution is 0.0991. The minimum absolute atomic E-state index is 0.00605. The molecule has 0 saturated carbocycles. The summed E-state index contributed by atoms with van der Waals surface area (Å²) in [5, 5.41) is -0.443. The number of aryl methyl sites for hydroxylation is 2. The van der Waals surface area contributed by atoms with Gasteiger partial charge in [-0.3, -0.25) is 4.79 Å². The Labute approximate surface area is 83.7 Å². The third-order valence-corrected chi connectivity index (χ3v) is 2.07. The average molecular weight is 197 g/mol. The van der Waals surface area contributed by atoms with Crippen molar-refractivity contribution in [1.82, 2.24) is 0 Å². The van der Waals surface area contributed by atoms with Gasteiger partial charge in [0.15, 0.2) is 5.78 Å². The maximum absolute atomic E-state index is 11.5. The number of benzene rings is 1. The lowest BCUT2D eigenvalue weighted by Gasteiger charge is -2.05. The van der Waals surface area contributed by atoms with E-state index in [2.05, 4.69) is 0 Å². The lowest BCUT2D eigenvalue weighted by atomic mass is 10.0. The molecule has 0 N–H and O–H groups in total. The molecular formula is C11H13ClO. The van der Waals surface area contributed by atoms with Gasteiger partial charge in [0.2, 0.25) is 0 Å². The smallest absolute Gasteiger partial charge is 0.180 e. The summed E-state index contributed by atoms with van der Waals surface area (Å²) in [7, 11) is 0. The maximum Gasteiger partial charge on any atom is 0.180 e. The van der Waals surface area contributed by atoms with Crippen LogP contribution in [0.3, 0.4) is 0 Å². The van der Waals surface area contributed by atoms with Crippen LogP contribution in [0.1, 0.15) is 28.4 Å². The Kier molecular flexibility index (Phi) is 3.10. The summed E-state index contributed by atoms with van der Waals surface area (Å²) >= 11 is 5.72. The van der Waals surface area contributed by atoms with Gasteiger partial charge in [-0.1, -0.05) is 17.2 Å². The highest BCUT2D eigenvalue weighted by Crippen LogP contribution is 2.12. The largest absolute Gasteiger partial charge is 0.293 e. The molecule has 0 radical (unpaired) electrons. The first kappa shape index (κ1) is 10.3. The van der Waals surface area contributed by atoms with Gasteiger partial charge in [-0.15, -0.1) is 11.6 Å². The Morgan fingerprint density at radius 3 is 2.08 bits per heavy atom. The number of Topliss-reactive ketones (excluding diaryl/α,β-unsaturated/α-hetero) is 1. The summed E-state index contributed by atoms with van der Waals surface area (Å²) in [5.74, 6) is -0.00605. The van der Waals surface area contributed by atoms with E-state index in [1.165, 1.54) is 0 Å². The van der Waals surface area contributed by atoms with E-state index in [-0.39, 0.29) is 5.78 Å². The summed E-state index contributed by atoms with van der Waals surface area (Å²) in [6.45, 7) is 5.65. The van der Waals surface area contributed by atoms with E-state index < -0.39 is 5.38 Å². The van der Waals surface area contributed by atoms with Gasteiger partial charge >= 0.3 is 0 Å². The van der Waals surface area contributed by atoms with Gasteiger partial charge in [-0.25, -0.2) is 0 Å². The number of rotatable bonds is 2. The number of carbonyl (C=O) groups is 1. The number of carbonyl (C=O) groups excluding carboxylic acids is 1. The van der Waals surface area contributed by atoms with Crippen molar-refractivity contribution >= 4 is 17.4 Å². The van der Waals surface area contributed by atoms with Crippen LogP contribution in [0.4, 0.5) is 0 Å². The van der Waals surface area contributed by atoms with Crippen LogP contribution in [0.25, 0.3) is 0 Å². The molecule has 0 aliphatic heterocycles. The van der Waals surface area contributed by atoms with Crippen molar-refractivity contribution in [3.8, 4) is 0 Å². The molecule has 0 bridgehead atoms. The van der Waals surface area contributed by atoms with Crippen LogP contribution in [-0.4, -0.2) is 11.2 Å². The fourth-order valence-corrected chi connectivity index (χ4v) is 1.47. The minimum Gasteiger partial charge on any atom is -0.293 e. The van der Waals surface area contributed by atoms with Gasteiger partial charge in [-0.05, 0) is 32.9 Å². The summed E-state index contributed by atoms with van der Waals surface area (Å²) in [6, 6.07) is 5.78. The zero-order valence-corrected chi connectivity index (χ0v) is 8.85. The third-order valence-electron chi connectivity index (χ3n) is 1.87. The summed E-state index contributed by atoms with van der Waals surface area (Å²) < 4.78 is 0. The second kappa shape index (κ2) is 3.93. The van der Waals surface area contributed by atoms with Gasteiger partial charge in [0.1, 0.15) is 0 Å². The van der Waals surface area contributed by atoms with Crippen molar-refractivity contribution in [3.05, 3.63) is 34.9 Å².